The fourth-order valence-electron chi connectivity index (χ4n) is 7.66. The Morgan fingerprint density at radius 2 is 1.43 bits per heavy atom. The first-order valence-corrected chi connectivity index (χ1v) is 13.0. The van der Waals surface area contributed by atoms with E-state index in [0.29, 0.717) is 11.3 Å². The SMILES string of the molecule is CC(NC(=O)c1c(-c2ccccc2)c(-c2ccccc2)nn(C)c1=O)C12CC3CC(CC(C3)C1)C2. The van der Waals surface area contributed by atoms with Crippen LogP contribution in [0.4, 0.5) is 0 Å². The van der Waals surface area contributed by atoms with E-state index in [2.05, 4.69) is 17.3 Å². The van der Waals surface area contributed by atoms with E-state index in [0.717, 1.165) is 28.9 Å². The summed E-state index contributed by atoms with van der Waals surface area (Å²) in [5.74, 6) is 2.13. The Hall–Kier alpha value is -3.21. The van der Waals surface area contributed by atoms with Crippen molar-refractivity contribution in [3.8, 4) is 22.4 Å². The van der Waals surface area contributed by atoms with Crippen molar-refractivity contribution in [2.45, 2.75) is 51.5 Å². The average Bonchev–Trinajstić information content (AvgIpc) is 2.85. The molecule has 0 saturated heterocycles. The van der Waals surface area contributed by atoms with E-state index in [1.165, 1.54) is 43.2 Å². The van der Waals surface area contributed by atoms with Crippen molar-refractivity contribution in [1.82, 2.24) is 15.1 Å². The van der Waals surface area contributed by atoms with Crippen LogP contribution in [-0.4, -0.2) is 21.7 Å². The Morgan fingerprint density at radius 3 is 1.97 bits per heavy atom. The topological polar surface area (TPSA) is 64.0 Å². The third-order valence-corrected chi connectivity index (χ3v) is 8.93. The fourth-order valence-corrected chi connectivity index (χ4v) is 7.66. The molecule has 5 nitrogen and oxygen atoms in total. The number of carbonyl (C=O) groups excluding carboxylic acids is 1. The summed E-state index contributed by atoms with van der Waals surface area (Å²) in [7, 11) is 1.63. The van der Waals surface area contributed by atoms with E-state index < -0.39 is 0 Å². The molecule has 1 amide bonds. The number of hydrogen-bond acceptors (Lipinski definition) is 3. The van der Waals surface area contributed by atoms with Crippen LogP contribution < -0.4 is 10.9 Å². The smallest absolute Gasteiger partial charge is 0.280 e. The molecular weight excluding hydrogens is 434 g/mol. The predicted octanol–water partition coefficient (Wildman–Crippen LogP) is 5.45. The van der Waals surface area contributed by atoms with Crippen LogP contribution >= 0.6 is 0 Å². The molecule has 1 heterocycles. The van der Waals surface area contributed by atoms with Crippen LogP contribution in [0.5, 0.6) is 0 Å². The summed E-state index contributed by atoms with van der Waals surface area (Å²) in [5.41, 5.74) is 2.94. The maximum atomic E-state index is 13.9. The van der Waals surface area contributed by atoms with Gasteiger partial charge in [-0.25, -0.2) is 4.68 Å². The van der Waals surface area contributed by atoms with Gasteiger partial charge >= 0.3 is 0 Å². The number of carbonyl (C=O) groups is 1. The van der Waals surface area contributed by atoms with Crippen LogP contribution in [0.15, 0.2) is 65.5 Å². The normalized spacial score (nSPS) is 27.5. The molecule has 5 heteroatoms. The minimum absolute atomic E-state index is 0.0325. The summed E-state index contributed by atoms with van der Waals surface area (Å²) >= 11 is 0. The molecule has 4 saturated carbocycles. The largest absolute Gasteiger partial charge is 0.349 e. The molecule has 2 aromatic carbocycles. The van der Waals surface area contributed by atoms with Crippen LogP contribution in [0, 0.1) is 23.2 Å². The van der Waals surface area contributed by atoms with E-state index in [1.54, 1.807) is 7.05 Å². The highest BCUT2D eigenvalue weighted by Crippen LogP contribution is 2.61. The van der Waals surface area contributed by atoms with Gasteiger partial charge in [0.2, 0.25) is 0 Å². The number of nitrogens with one attached hydrogen (secondary N) is 1. The molecule has 0 aliphatic heterocycles. The van der Waals surface area contributed by atoms with Crippen molar-refractivity contribution >= 4 is 5.91 Å². The maximum Gasteiger partial charge on any atom is 0.280 e. The summed E-state index contributed by atoms with van der Waals surface area (Å²) < 4.78 is 1.30. The molecular formula is C30H33N3O2. The zero-order valence-corrected chi connectivity index (χ0v) is 20.5. The van der Waals surface area contributed by atoms with Gasteiger partial charge in [-0.3, -0.25) is 9.59 Å². The fraction of sp³-hybridized carbons (Fsp3) is 0.433. The van der Waals surface area contributed by atoms with Gasteiger partial charge in [0.1, 0.15) is 5.56 Å². The zero-order valence-electron chi connectivity index (χ0n) is 20.5. The molecule has 1 unspecified atom stereocenters. The number of rotatable bonds is 5. The van der Waals surface area contributed by atoms with Gasteiger partial charge in [0, 0.05) is 24.2 Å². The Morgan fingerprint density at radius 1 is 0.914 bits per heavy atom. The minimum Gasteiger partial charge on any atom is -0.349 e. The summed E-state index contributed by atoms with van der Waals surface area (Å²) in [6.07, 6.45) is 7.71. The van der Waals surface area contributed by atoms with E-state index in [9.17, 15) is 9.59 Å². The Balaban J connectivity index is 1.43. The molecule has 35 heavy (non-hydrogen) atoms. The van der Waals surface area contributed by atoms with Gasteiger partial charge in [-0.1, -0.05) is 60.7 Å². The van der Waals surface area contributed by atoms with Gasteiger partial charge in [-0.15, -0.1) is 0 Å². The molecule has 7 rings (SSSR count). The molecule has 180 valence electrons. The van der Waals surface area contributed by atoms with Crippen LogP contribution in [0.1, 0.15) is 55.8 Å². The van der Waals surface area contributed by atoms with Crippen molar-refractivity contribution in [3.63, 3.8) is 0 Å². The first-order chi connectivity index (χ1) is 16.9. The lowest BCUT2D eigenvalue weighted by Crippen LogP contribution is -2.56. The first kappa shape index (κ1) is 22.3. The monoisotopic (exact) mass is 467 g/mol. The van der Waals surface area contributed by atoms with Gasteiger partial charge in [0.25, 0.3) is 11.5 Å². The number of benzene rings is 2. The van der Waals surface area contributed by atoms with Crippen molar-refractivity contribution in [2.24, 2.45) is 30.2 Å². The Labute approximate surface area is 206 Å². The number of amides is 1. The number of hydrogen-bond donors (Lipinski definition) is 1. The lowest BCUT2D eigenvalue weighted by molar-refractivity contribution is -0.0688. The molecule has 4 fully saturated rings. The number of aromatic nitrogens is 2. The molecule has 4 aliphatic carbocycles. The van der Waals surface area contributed by atoms with Crippen molar-refractivity contribution in [1.29, 1.82) is 0 Å². The van der Waals surface area contributed by atoms with Crippen LogP contribution in [0.3, 0.4) is 0 Å². The summed E-state index contributed by atoms with van der Waals surface area (Å²) in [6.45, 7) is 2.16. The molecule has 4 aliphatic rings. The van der Waals surface area contributed by atoms with Crippen LogP contribution in [-0.2, 0) is 7.05 Å². The predicted molar refractivity (Wildman–Crippen MR) is 138 cm³/mol. The third-order valence-electron chi connectivity index (χ3n) is 8.93. The highest BCUT2D eigenvalue weighted by molar-refractivity contribution is 6.03. The molecule has 3 aromatic rings. The lowest BCUT2D eigenvalue weighted by Gasteiger charge is -2.59. The van der Waals surface area contributed by atoms with Crippen molar-refractivity contribution < 1.29 is 4.79 Å². The number of aryl methyl sites for hydroxylation is 1. The average molecular weight is 468 g/mol. The highest BCUT2D eigenvalue weighted by atomic mass is 16.2. The second-order valence-electron chi connectivity index (χ2n) is 11.2. The molecule has 1 aromatic heterocycles. The molecule has 4 bridgehead atoms. The lowest BCUT2D eigenvalue weighted by atomic mass is 9.48. The Kier molecular flexibility index (Phi) is 5.39. The standard InChI is InChI=1S/C30H33N3O2/c1-19(30-16-20-13-21(17-30)15-22(14-20)18-30)31-28(34)26-25(23-9-5-3-6-10-23)27(32-33(2)29(26)35)24-11-7-4-8-12-24/h3-12,19-22H,13-18H2,1-2H3,(H,31,34). The van der Waals surface area contributed by atoms with Gasteiger partial charge in [0.15, 0.2) is 0 Å². The van der Waals surface area contributed by atoms with Gasteiger partial charge in [-0.2, -0.15) is 5.10 Å². The molecule has 1 atom stereocenters. The summed E-state index contributed by atoms with van der Waals surface area (Å²) in [5, 5.41) is 7.95. The first-order valence-electron chi connectivity index (χ1n) is 13.0. The minimum atomic E-state index is -0.362. The van der Waals surface area contributed by atoms with E-state index in [1.807, 2.05) is 60.7 Å². The maximum absolute atomic E-state index is 13.9. The molecule has 1 N–H and O–H groups in total. The van der Waals surface area contributed by atoms with Gasteiger partial charge < -0.3 is 5.32 Å². The second kappa shape index (κ2) is 8.47. The second-order valence-corrected chi connectivity index (χ2v) is 11.2. The van der Waals surface area contributed by atoms with Crippen molar-refractivity contribution in [3.05, 3.63) is 76.6 Å². The van der Waals surface area contributed by atoms with Gasteiger partial charge in [0.05, 0.1) is 5.69 Å². The van der Waals surface area contributed by atoms with Gasteiger partial charge in [-0.05, 0) is 74.2 Å². The van der Waals surface area contributed by atoms with E-state index in [4.69, 9.17) is 0 Å². The molecule has 0 spiro atoms. The molecule has 0 radical (unpaired) electrons. The zero-order chi connectivity index (χ0) is 24.2. The number of nitrogens with zero attached hydrogens (tertiary/aromatic N) is 2. The Bertz CT molecular complexity index is 1280. The summed E-state index contributed by atoms with van der Waals surface area (Å²) in [4.78, 5) is 27.4. The van der Waals surface area contributed by atoms with E-state index >= 15 is 0 Å². The van der Waals surface area contributed by atoms with Crippen LogP contribution in [0.25, 0.3) is 22.4 Å². The third kappa shape index (κ3) is 3.81. The van der Waals surface area contributed by atoms with Crippen molar-refractivity contribution in [2.75, 3.05) is 0 Å². The summed E-state index contributed by atoms with van der Waals surface area (Å²) in [6, 6.07) is 19.5. The van der Waals surface area contributed by atoms with Crippen LogP contribution in [0.2, 0.25) is 0 Å². The van der Waals surface area contributed by atoms with E-state index in [-0.39, 0.29) is 28.5 Å². The highest BCUT2D eigenvalue weighted by Gasteiger charge is 2.53. The quantitative estimate of drug-likeness (QED) is 0.543.